The highest BCUT2D eigenvalue weighted by Gasteiger charge is 1.82. The molecule has 0 aromatic heterocycles. The molecule has 0 spiro atoms. The Morgan fingerprint density at radius 1 is 1.58 bits per heavy atom. The maximum absolute atomic E-state index is 9.21. The molecule has 0 saturated carbocycles. The number of hydrogen-bond acceptors (Lipinski definition) is 2. The predicted molar refractivity (Wildman–Crippen MR) is 55.1 cm³/mol. The first-order chi connectivity index (χ1) is 5.52. The Balaban J connectivity index is 0.000000261. The summed E-state index contributed by atoms with van der Waals surface area (Å²) in [5, 5.41) is -0.361. The number of nitrogens with two attached hydrogens (primary N) is 1. The number of hydrogen-bond donors (Lipinski definition) is 1. The summed E-state index contributed by atoms with van der Waals surface area (Å²) >= 11 is 7.92. The van der Waals surface area contributed by atoms with E-state index in [2.05, 4.69) is 27.5 Å². The van der Waals surface area contributed by atoms with Crippen LogP contribution in [0.5, 0.6) is 0 Å². The fourth-order valence-electron chi connectivity index (χ4n) is 0.507. The van der Waals surface area contributed by atoms with Gasteiger partial charge in [0.25, 0.3) is 0 Å². The van der Waals surface area contributed by atoms with E-state index in [0.29, 0.717) is 0 Å². The average molecular weight is 251 g/mol. The zero-order chi connectivity index (χ0) is 9.56. The van der Waals surface area contributed by atoms with Crippen LogP contribution in [0.2, 0.25) is 0 Å². The van der Waals surface area contributed by atoms with Crippen LogP contribution >= 0.6 is 27.5 Å². The van der Waals surface area contributed by atoms with E-state index in [1.54, 1.807) is 0 Å². The van der Waals surface area contributed by atoms with Crippen LogP contribution in [0.4, 0.5) is 5.69 Å². The van der Waals surface area contributed by atoms with Crippen molar-refractivity contribution in [1.29, 1.82) is 0 Å². The fraction of sp³-hybridized carbons (Fsp3) is 0.125. The Labute approximate surface area is 84.8 Å². The lowest BCUT2D eigenvalue weighted by molar-refractivity contribution is -0.109. The molecule has 66 valence electrons. The van der Waals surface area contributed by atoms with Crippen LogP contribution < -0.4 is 5.73 Å². The summed E-state index contributed by atoms with van der Waals surface area (Å²) in [5.74, 6) is 0. The van der Waals surface area contributed by atoms with E-state index in [4.69, 9.17) is 5.73 Å². The summed E-state index contributed by atoms with van der Waals surface area (Å²) in [4.78, 5) is 9.21. The van der Waals surface area contributed by atoms with E-state index in [1.807, 2.05) is 24.3 Å². The Morgan fingerprint density at radius 2 is 2.08 bits per heavy atom. The second-order valence-corrected chi connectivity index (χ2v) is 3.47. The molecule has 0 fully saturated rings. The number of anilines is 1. The van der Waals surface area contributed by atoms with Gasteiger partial charge in [-0.2, -0.15) is 0 Å². The van der Waals surface area contributed by atoms with Gasteiger partial charge in [0.05, 0.1) is 0 Å². The molecule has 0 aliphatic carbocycles. The van der Waals surface area contributed by atoms with Crippen LogP contribution in [0, 0.1) is 0 Å². The van der Waals surface area contributed by atoms with Crippen molar-refractivity contribution < 1.29 is 4.79 Å². The average Bonchev–Trinajstić information content (AvgIpc) is 1.84. The van der Waals surface area contributed by atoms with Gasteiger partial charge in [0, 0.05) is 17.1 Å². The molecular weight excluding hydrogens is 241 g/mol. The third kappa shape index (κ3) is 7.57. The molecule has 0 aliphatic rings. The Kier molecular flexibility index (Phi) is 5.76. The summed E-state index contributed by atoms with van der Waals surface area (Å²) in [6.07, 6.45) is 0. The number of benzene rings is 1. The second kappa shape index (κ2) is 6.03. The van der Waals surface area contributed by atoms with Crippen molar-refractivity contribution in [2.75, 3.05) is 5.73 Å². The second-order valence-electron chi connectivity index (χ2n) is 2.03. The predicted octanol–water partition coefficient (Wildman–Crippen LogP) is 2.80. The van der Waals surface area contributed by atoms with E-state index in [-0.39, 0.29) is 5.24 Å². The number of carbonyl (C=O) groups is 1. The number of nitrogen functional groups attached to an aromatic ring is 1. The zero-order valence-corrected chi connectivity index (χ0v) is 8.89. The molecule has 12 heavy (non-hydrogen) atoms. The molecule has 0 unspecified atom stereocenters. The quantitative estimate of drug-likeness (QED) is 0.568. The largest absolute Gasteiger partial charge is 0.399 e. The number of rotatable bonds is 0. The number of halogens is 2. The highest BCUT2D eigenvalue weighted by atomic mass is 79.9. The smallest absolute Gasteiger partial charge is 0.218 e. The lowest BCUT2D eigenvalue weighted by Gasteiger charge is -1.89. The van der Waals surface area contributed by atoms with Gasteiger partial charge in [0.1, 0.15) is 0 Å². The van der Waals surface area contributed by atoms with Crippen molar-refractivity contribution >= 4 is 38.5 Å². The van der Waals surface area contributed by atoms with Gasteiger partial charge >= 0.3 is 0 Å². The van der Waals surface area contributed by atoms with E-state index in [9.17, 15) is 4.79 Å². The topological polar surface area (TPSA) is 43.1 Å². The van der Waals surface area contributed by atoms with Gasteiger partial charge in [-0.3, -0.25) is 4.79 Å². The fourth-order valence-corrected chi connectivity index (χ4v) is 0.924. The molecule has 1 aromatic rings. The normalized spacial score (nSPS) is 8.25. The first-order valence-corrected chi connectivity index (χ1v) is 4.36. The van der Waals surface area contributed by atoms with Gasteiger partial charge in [0.2, 0.25) is 5.24 Å². The summed E-state index contributed by atoms with van der Waals surface area (Å²) in [6.45, 7) is 1.29. The molecule has 0 saturated heterocycles. The van der Waals surface area contributed by atoms with Crippen LogP contribution in [-0.4, -0.2) is 5.24 Å². The van der Waals surface area contributed by atoms with Crippen LogP contribution in [0.3, 0.4) is 0 Å². The van der Waals surface area contributed by atoms with Crippen LogP contribution in [-0.2, 0) is 4.79 Å². The van der Waals surface area contributed by atoms with Crippen molar-refractivity contribution in [2.45, 2.75) is 6.92 Å². The van der Waals surface area contributed by atoms with E-state index >= 15 is 0 Å². The molecule has 4 heteroatoms. The summed E-state index contributed by atoms with van der Waals surface area (Å²) < 4.78 is 1.03. The molecular formula is C8H9BrClNO. The molecule has 0 atom stereocenters. The lowest BCUT2D eigenvalue weighted by Crippen LogP contribution is -1.80. The first kappa shape index (κ1) is 11.5. The van der Waals surface area contributed by atoms with Crippen LogP contribution in [0.1, 0.15) is 6.92 Å². The molecule has 0 bridgehead atoms. The minimum absolute atomic E-state index is 0.361. The Bertz CT molecular complexity index is 244. The van der Waals surface area contributed by atoms with Crippen LogP contribution in [0.15, 0.2) is 28.7 Å². The van der Waals surface area contributed by atoms with Gasteiger partial charge < -0.3 is 5.73 Å². The molecule has 2 N–H and O–H groups in total. The molecule has 1 aromatic carbocycles. The zero-order valence-electron chi connectivity index (χ0n) is 6.55. The van der Waals surface area contributed by atoms with Gasteiger partial charge in [-0.05, 0) is 29.8 Å². The summed E-state index contributed by atoms with van der Waals surface area (Å²) in [5.41, 5.74) is 6.22. The molecule has 2 nitrogen and oxygen atoms in total. The highest BCUT2D eigenvalue weighted by Crippen LogP contribution is 2.11. The van der Waals surface area contributed by atoms with E-state index < -0.39 is 0 Å². The Morgan fingerprint density at radius 3 is 2.33 bits per heavy atom. The molecule has 0 heterocycles. The minimum atomic E-state index is -0.361. The maximum atomic E-state index is 9.21. The highest BCUT2D eigenvalue weighted by molar-refractivity contribution is 9.10. The third-order valence-electron chi connectivity index (χ3n) is 0.849. The monoisotopic (exact) mass is 249 g/mol. The SMILES string of the molecule is CC(=O)Cl.Nc1cccc(Br)c1. The molecule has 0 aliphatic heterocycles. The van der Waals surface area contributed by atoms with Crippen molar-refractivity contribution in [3.05, 3.63) is 28.7 Å². The lowest BCUT2D eigenvalue weighted by atomic mass is 10.3. The van der Waals surface area contributed by atoms with Gasteiger partial charge in [-0.15, -0.1) is 0 Å². The van der Waals surface area contributed by atoms with Crippen molar-refractivity contribution in [3.8, 4) is 0 Å². The van der Waals surface area contributed by atoms with E-state index in [0.717, 1.165) is 10.2 Å². The minimum Gasteiger partial charge on any atom is -0.399 e. The van der Waals surface area contributed by atoms with E-state index in [1.165, 1.54) is 6.92 Å². The molecule has 0 radical (unpaired) electrons. The summed E-state index contributed by atoms with van der Waals surface area (Å²) in [7, 11) is 0. The standard InChI is InChI=1S/C6H6BrN.C2H3ClO/c7-5-2-1-3-6(8)4-5;1-2(3)4/h1-4H,8H2;1H3. The van der Waals surface area contributed by atoms with Gasteiger partial charge in [-0.1, -0.05) is 22.0 Å². The molecule has 0 amide bonds. The van der Waals surface area contributed by atoms with Crippen molar-refractivity contribution in [2.24, 2.45) is 0 Å². The van der Waals surface area contributed by atoms with Gasteiger partial charge in [-0.25, -0.2) is 0 Å². The maximum Gasteiger partial charge on any atom is 0.218 e. The van der Waals surface area contributed by atoms with Crippen LogP contribution in [0.25, 0.3) is 0 Å². The first-order valence-electron chi connectivity index (χ1n) is 3.19. The van der Waals surface area contributed by atoms with Gasteiger partial charge in [0.15, 0.2) is 0 Å². The Hall–Kier alpha value is -0.540. The summed E-state index contributed by atoms with van der Waals surface area (Å²) in [6, 6.07) is 7.56. The van der Waals surface area contributed by atoms with Crippen molar-refractivity contribution in [3.63, 3.8) is 0 Å². The third-order valence-corrected chi connectivity index (χ3v) is 1.34. The number of carbonyl (C=O) groups excluding carboxylic acids is 1. The molecule has 1 rings (SSSR count). The van der Waals surface area contributed by atoms with Crippen molar-refractivity contribution in [1.82, 2.24) is 0 Å².